The van der Waals surface area contributed by atoms with Crippen LogP contribution in [-0.4, -0.2) is 36.8 Å². The monoisotopic (exact) mass is 455 g/mol. The minimum Gasteiger partial charge on any atom is -0.479 e. The van der Waals surface area contributed by atoms with Gasteiger partial charge in [0.05, 0.1) is 18.9 Å². The molecular weight excluding hydrogens is 434 g/mol. The molecule has 7 nitrogen and oxygen atoms in total. The first kappa shape index (κ1) is 21.0. The molecule has 1 amide bonds. The van der Waals surface area contributed by atoms with Gasteiger partial charge in [0.25, 0.3) is 5.91 Å². The average molecular weight is 456 g/mol. The summed E-state index contributed by atoms with van der Waals surface area (Å²) in [6.07, 6.45) is -0.344. The van der Waals surface area contributed by atoms with Crippen LogP contribution in [-0.2, 0) is 20.7 Å². The average Bonchev–Trinajstić information content (AvgIpc) is 3.32. The number of benzene rings is 2. The van der Waals surface area contributed by atoms with Crippen LogP contribution < -0.4 is 10.1 Å². The molecule has 166 valence electrons. The van der Waals surface area contributed by atoms with Crippen LogP contribution in [0.5, 0.6) is 5.75 Å². The maximum Gasteiger partial charge on any atom is 0.265 e. The van der Waals surface area contributed by atoms with Gasteiger partial charge >= 0.3 is 0 Å². The Labute approximate surface area is 189 Å². The summed E-state index contributed by atoms with van der Waals surface area (Å²) in [4.78, 5) is 25.8. The second-order valence-electron chi connectivity index (χ2n) is 8.29. The Kier molecular flexibility index (Phi) is 5.00. The van der Waals surface area contributed by atoms with Crippen molar-refractivity contribution >= 4 is 39.9 Å². The Bertz CT molecular complexity index is 1260. The molecule has 32 heavy (non-hydrogen) atoms. The van der Waals surface area contributed by atoms with Crippen molar-refractivity contribution in [3.8, 4) is 5.75 Å². The lowest BCUT2D eigenvalue weighted by atomic mass is 9.93. The number of anilines is 1. The minimum atomic E-state index is -0.869. The molecule has 0 aliphatic carbocycles. The number of fused-ring (bicyclic) bond motifs is 2. The van der Waals surface area contributed by atoms with Crippen LogP contribution in [0.1, 0.15) is 41.1 Å². The number of ether oxygens (including phenoxy) is 3. The van der Waals surface area contributed by atoms with Gasteiger partial charge in [-0.25, -0.2) is 0 Å². The Morgan fingerprint density at radius 3 is 2.72 bits per heavy atom. The molecule has 2 aliphatic heterocycles. The molecule has 8 heteroatoms. The number of hydrogen-bond donors (Lipinski definition) is 1. The van der Waals surface area contributed by atoms with Gasteiger partial charge in [0, 0.05) is 28.0 Å². The molecule has 0 saturated carbocycles. The lowest BCUT2D eigenvalue weighted by Crippen LogP contribution is -2.35. The molecule has 1 aromatic heterocycles. The molecule has 2 aromatic carbocycles. The van der Waals surface area contributed by atoms with E-state index in [1.165, 1.54) is 0 Å². The lowest BCUT2D eigenvalue weighted by molar-refractivity contribution is -0.140. The van der Waals surface area contributed by atoms with Gasteiger partial charge in [-0.2, -0.15) is 0 Å². The van der Waals surface area contributed by atoms with Crippen LogP contribution in [0.2, 0.25) is 5.02 Å². The van der Waals surface area contributed by atoms with Crippen molar-refractivity contribution in [1.29, 1.82) is 0 Å². The maximum absolute atomic E-state index is 13.7. The Morgan fingerprint density at radius 1 is 1.22 bits per heavy atom. The first-order valence-electron chi connectivity index (χ1n) is 10.4. The zero-order valence-corrected chi connectivity index (χ0v) is 18.7. The van der Waals surface area contributed by atoms with E-state index in [0.717, 1.165) is 5.39 Å². The van der Waals surface area contributed by atoms with E-state index in [0.29, 0.717) is 58.4 Å². The number of rotatable bonds is 4. The molecule has 3 aromatic rings. The van der Waals surface area contributed by atoms with E-state index >= 15 is 0 Å². The van der Waals surface area contributed by atoms with Gasteiger partial charge in [-0.1, -0.05) is 11.6 Å². The van der Waals surface area contributed by atoms with Crippen LogP contribution >= 0.6 is 11.6 Å². The first-order valence-corrected chi connectivity index (χ1v) is 10.8. The summed E-state index contributed by atoms with van der Waals surface area (Å²) in [7, 11) is 0. The molecule has 0 radical (unpaired) electrons. The molecule has 5 rings (SSSR count). The van der Waals surface area contributed by atoms with Gasteiger partial charge in [-0.05, 0) is 56.7 Å². The second-order valence-corrected chi connectivity index (χ2v) is 8.72. The van der Waals surface area contributed by atoms with Crippen molar-refractivity contribution in [2.75, 3.05) is 18.5 Å². The quantitative estimate of drug-likeness (QED) is 0.576. The molecular formula is C24H22ClNO6. The lowest BCUT2D eigenvalue weighted by Gasteiger charge is -2.27. The number of nitrogens with one attached hydrogen (secondary N) is 1. The summed E-state index contributed by atoms with van der Waals surface area (Å²) in [5.74, 6) is -0.740. The summed E-state index contributed by atoms with van der Waals surface area (Å²) >= 11 is 6.13. The molecule has 3 heterocycles. The van der Waals surface area contributed by atoms with E-state index in [2.05, 4.69) is 5.32 Å². The third-order valence-corrected chi connectivity index (χ3v) is 6.13. The van der Waals surface area contributed by atoms with Crippen LogP contribution in [0, 0.1) is 6.92 Å². The number of aryl methyl sites for hydroxylation is 1. The van der Waals surface area contributed by atoms with E-state index in [1.54, 1.807) is 37.3 Å². The summed E-state index contributed by atoms with van der Waals surface area (Å²) in [6, 6.07) is 8.65. The third kappa shape index (κ3) is 3.56. The standard InChI is InChI=1S/C24H22ClNO6/c1-12-16-9-15(25)4-5-19(16)32-22(12)21(27)17-10-20-18(26-23(28)13(2)31-20)8-14(17)11-24(3)29-6-7-30-24/h4-5,8-10,13H,6-7,11H2,1-3H3,(H,26,28). The Balaban J connectivity index is 1.63. The first-order chi connectivity index (χ1) is 15.2. The van der Waals surface area contributed by atoms with Crippen LogP contribution in [0.3, 0.4) is 0 Å². The van der Waals surface area contributed by atoms with E-state index < -0.39 is 11.9 Å². The summed E-state index contributed by atoms with van der Waals surface area (Å²) in [5, 5.41) is 4.19. The van der Waals surface area contributed by atoms with Gasteiger partial charge in [0.1, 0.15) is 11.3 Å². The zero-order chi connectivity index (χ0) is 22.6. The molecule has 1 saturated heterocycles. The Morgan fingerprint density at radius 2 is 1.97 bits per heavy atom. The van der Waals surface area contributed by atoms with Gasteiger partial charge in [0.15, 0.2) is 17.7 Å². The van der Waals surface area contributed by atoms with Crippen LogP contribution in [0.15, 0.2) is 34.7 Å². The van der Waals surface area contributed by atoms with Gasteiger partial charge in [-0.3, -0.25) is 9.59 Å². The fourth-order valence-corrected chi connectivity index (χ4v) is 4.36. The van der Waals surface area contributed by atoms with Gasteiger partial charge < -0.3 is 23.9 Å². The number of amides is 1. The van der Waals surface area contributed by atoms with Crippen molar-refractivity contribution in [2.45, 2.75) is 39.1 Å². The molecule has 1 unspecified atom stereocenters. The van der Waals surface area contributed by atoms with Crippen molar-refractivity contribution in [3.63, 3.8) is 0 Å². The summed E-state index contributed by atoms with van der Waals surface area (Å²) in [6.45, 7) is 6.27. The highest BCUT2D eigenvalue weighted by molar-refractivity contribution is 6.31. The van der Waals surface area contributed by atoms with E-state index in [9.17, 15) is 9.59 Å². The molecule has 0 spiro atoms. The number of ketones is 1. The van der Waals surface area contributed by atoms with Crippen molar-refractivity contribution in [1.82, 2.24) is 0 Å². The fourth-order valence-electron chi connectivity index (χ4n) is 4.19. The summed E-state index contributed by atoms with van der Waals surface area (Å²) in [5.41, 5.74) is 2.86. The van der Waals surface area contributed by atoms with Crippen LogP contribution in [0.25, 0.3) is 11.0 Å². The van der Waals surface area contributed by atoms with E-state index in [1.807, 2.05) is 13.8 Å². The minimum absolute atomic E-state index is 0.231. The molecule has 0 bridgehead atoms. The van der Waals surface area contributed by atoms with Gasteiger partial charge in [-0.15, -0.1) is 0 Å². The second kappa shape index (κ2) is 7.62. The topological polar surface area (TPSA) is 87.0 Å². The Hall–Kier alpha value is -2.87. The highest BCUT2D eigenvalue weighted by atomic mass is 35.5. The number of carbonyl (C=O) groups excluding carboxylic acids is 2. The molecule has 1 fully saturated rings. The number of furan rings is 1. The SMILES string of the molecule is Cc1c(C(=O)c2cc3c(cc2CC2(C)OCCO2)NC(=O)C(C)O3)oc2ccc(Cl)cc12. The number of hydrogen-bond acceptors (Lipinski definition) is 6. The normalized spacial score (nSPS) is 19.5. The van der Waals surface area contributed by atoms with Crippen molar-refractivity contribution in [3.05, 3.63) is 57.8 Å². The zero-order valence-electron chi connectivity index (χ0n) is 17.9. The highest BCUT2D eigenvalue weighted by Gasteiger charge is 2.35. The molecule has 1 N–H and O–H groups in total. The smallest absolute Gasteiger partial charge is 0.265 e. The fraction of sp³-hybridized carbons (Fsp3) is 0.333. The van der Waals surface area contributed by atoms with Gasteiger partial charge in [0.2, 0.25) is 5.78 Å². The predicted molar refractivity (Wildman–Crippen MR) is 119 cm³/mol. The molecule has 2 aliphatic rings. The highest BCUT2D eigenvalue weighted by Crippen LogP contribution is 2.37. The molecule has 1 atom stereocenters. The summed E-state index contributed by atoms with van der Waals surface area (Å²) < 4.78 is 23.2. The van der Waals surface area contributed by atoms with Crippen molar-refractivity contribution in [2.24, 2.45) is 0 Å². The largest absolute Gasteiger partial charge is 0.479 e. The predicted octanol–water partition coefficient (Wildman–Crippen LogP) is 4.65. The van der Waals surface area contributed by atoms with E-state index in [-0.39, 0.29) is 17.5 Å². The maximum atomic E-state index is 13.7. The van der Waals surface area contributed by atoms with Crippen molar-refractivity contribution < 1.29 is 28.2 Å². The number of halogens is 1. The number of carbonyl (C=O) groups is 2. The van der Waals surface area contributed by atoms with Crippen LogP contribution in [0.4, 0.5) is 5.69 Å². The third-order valence-electron chi connectivity index (χ3n) is 5.90. The van der Waals surface area contributed by atoms with E-state index in [4.69, 9.17) is 30.2 Å².